The predicted molar refractivity (Wildman–Crippen MR) is 173 cm³/mol. The monoisotopic (exact) mass is 674 g/mol. The summed E-state index contributed by atoms with van der Waals surface area (Å²) in [5.74, 6) is -2.73. The lowest BCUT2D eigenvalue weighted by Crippen LogP contribution is -2.32. The summed E-state index contributed by atoms with van der Waals surface area (Å²) in [6, 6.07) is 1.19. The van der Waals surface area contributed by atoms with Crippen LogP contribution in [0.5, 0.6) is 0 Å². The molecule has 0 bridgehead atoms. The molecule has 0 aromatic carbocycles. The number of methoxy groups -OCH3 is 1. The lowest BCUT2D eigenvalue weighted by atomic mass is 9.96. The summed E-state index contributed by atoms with van der Waals surface area (Å²) in [7, 11) is 3.25. The van der Waals surface area contributed by atoms with E-state index >= 15 is 0 Å². The maximum Gasteiger partial charge on any atom is 0.325 e. The van der Waals surface area contributed by atoms with Crippen molar-refractivity contribution in [2.45, 2.75) is 64.3 Å². The Balaban J connectivity index is 0.000000930. The van der Waals surface area contributed by atoms with Crippen LogP contribution in [0.3, 0.4) is 0 Å². The molecule has 47 heavy (non-hydrogen) atoms. The number of amides is 1. The van der Waals surface area contributed by atoms with Gasteiger partial charge in [0.05, 0.1) is 17.9 Å². The van der Waals surface area contributed by atoms with Crippen LogP contribution in [0.15, 0.2) is 48.8 Å². The van der Waals surface area contributed by atoms with Crippen molar-refractivity contribution in [2.24, 2.45) is 5.73 Å². The van der Waals surface area contributed by atoms with E-state index in [1.807, 2.05) is 0 Å². The third-order valence-corrected chi connectivity index (χ3v) is 7.54. The molecule has 1 amide bonds. The van der Waals surface area contributed by atoms with Crippen LogP contribution in [0.1, 0.15) is 62.0 Å². The van der Waals surface area contributed by atoms with Gasteiger partial charge < -0.3 is 25.6 Å². The second kappa shape index (κ2) is 18.7. The molecule has 1 aliphatic carbocycles. The van der Waals surface area contributed by atoms with Gasteiger partial charge in [-0.25, -0.2) is 19.0 Å². The van der Waals surface area contributed by atoms with Gasteiger partial charge in [-0.2, -0.15) is 14.6 Å². The highest BCUT2D eigenvalue weighted by Gasteiger charge is 2.24. The molecule has 4 N–H and O–H groups in total. The number of rotatable bonds is 10. The first-order valence-electron chi connectivity index (χ1n) is 14.9. The molecule has 4 aromatic rings. The number of hydrogen-bond acceptors (Lipinski definition) is 11. The lowest BCUT2D eigenvalue weighted by Gasteiger charge is -2.21. The Kier molecular flexibility index (Phi) is 14.7. The van der Waals surface area contributed by atoms with Gasteiger partial charge in [-0.15, -0.1) is 17.9 Å². The van der Waals surface area contributed by atoms with E-state index in [1.54, 1.807) is 43.6 Å². The van der Waals surface area contributed by atoms with Crippen LogP contribution in [0.4, 0.5) is 14.5 Å². The van der Waals surface area contributed by atoms with Crippen LogP contribution in [0.2, 0.25) is 0 Å². The molecule has 1 aliphatic rings. The smallest absolute Gasteiger partial charge is 0.325 e. The SMILES string of the molecule is C=CCC(N)C(=O)OCn1cc(-c2nc(C(=O)Nc3cn(C4CCCCC4)nc3-c3nc(F)ccc3F)cs2)cn1.CCO.COC. The predicted octanol–water partition coefficient (Wildman–Crippen LogP) is 4.97. The van der Waals surface area contributed by atoms with Crippen molar-refractivity contribution < 1.29 is 33.0 Å². The number of hydrogen-bond donors (Lipinski definition) is 3. The molecule has 13 nitrogen and oxygen atoms in total. The normalized spacial score (nSPS) is 13.4. The number of nitrogens with two attached hydrogens (primary N) is 1. The molecule has 5 rings (SSSR count). The van der Waals surface area contributed by atoms with Crippen LogP contribution in [-0.2, 0) is 21.0 Å². The third-order valence-electron chi connectivity index (χ3n) is 6.64. The summed E-state index contributed by atoms with van der Waals surface area (Å²) in [6.07, 6.45) is 11.6. The summed E-state index contributed by atoms with van der Waals surface area (Å²) in [6.45, 7) is 5.34. The van der Waals surface area contributed by atoms with Gasteiger partial charge >= 0.3 is 5.97 Å². The van der Waals surface area contributed by atoms with Gasteiger partial charge in [0, 0.05) is 44.2 Å². The molecule has 1 unspecified atom stereocenters. The highest BCUT2D eigenvalue weighted by atomic mass is 32.1. The molecule has 0 aliphatic heterocycles. The van der Waals surface area contributed by atoms with Gasteiger partial charge in [-0.1, -0.05) is 25.3 Å². The van der Waals surface area contributed by atoms with Crippen LogP contribution in [0, 0.1) is 11.8 Å². The highest BCUT2D eigenvalue weighted by Crippen LogP contribution is 2.34. The van der Waals surface area contributed by atoms with Gasteiger partial charge in [0.25, 0.3) is 5.91 Å². The molecule has 0 saturated heterocycles. The van der Waals surface area contributed by atoms with E-state index in [0.717, 1.165) is 44.2 Å². The van der Waals surface area contributed by atoms with Crippen LogP contribution in [-0.4, -0.2) is 73.4 Å². The zero-order valence-corrected chi connectivity index (χ0v) is 27.4. The standard InChI is InChI=1S/C27H28F2N8O3S.2C2H6O/c1-2-6-19(30)27(39)40-15-36-12-16(11-31-36)26-33-21(14-41-26)25(38)32-20-13-37(17-7-4-3-5-8-17)35-24(20)23-18(28)9-10-22(29)34-23;1-3-2;1-2-3/h2,9-14,17,19H,1,3-8,15,30H2,(H,32,38);1-2H3;3H,2H2,1H3. The summed E-state index contributed by atoms with van der Waals surface area (Å²) in [5, 5.41) is 21.1. The Morgan fingerprint density at radius 3 is 2.57 bits per heavy atom. The van der Waals surface area contributed by atoms with Crippen molar-refractivity contribution in [2.75, 3.05) is 26.1 Å². The number of nitrogens with one attached hydrogen (secondary N) is 1. The van der Waals surface area contributed by atoms with Gasteiger partial charge in [-0.05, 0) is 38.3 Å². The lowest BCUT2D eigenvalue weighted by molar-refractivity contribution is -0.149. The number of aromatic nitrogens is 6. The van der Waals surface area contributed by atoms with Gasteiger partial charge in [0.2, 0.25) is 5.95 Å². The van der Waals surface area contributed by atoms with Gasteiger partial charge in [0.15, 0.2) is 12.5 Å². The van der Waals surface area contributed by atoms with E-state index in [9.17, 15) is 18.4 Å². The number of carbonyl (C=O) groups is 2. The minimum atomic E-state index is -0.857. The molecule has 1 saturated carbocycles. The van der Waals surface area contributed by atoms with Crippen LogP contribution in [0.25, 0.3) is 22.0 Å². The number of nitrogens with zero attached hydrogens (tertiary/aromatic N) is 6. The van der Waals surface area contributed by atoms with Crippen molar-refractivity contribution in [1.82, 2.24) is 29.5 Å². The summed E-state index contributed by atoms with van der Waals surface area (Å²) < 4.78 is 41.1. The third kappa shape index (κ3) is 10.6. The van der Waals surface area contributed by atoms with Crippen molar-refractivity contribution in [3.63, 3.8) is 0 Å². The highest BCUT2D eigenvalue weighted by molar-refractivity contribution is 7.13. The molecular formula is C31H40F2N8O5S. The molecule has 1 atom stereocenters. The van der Waals surface area contributed by atoms with Crippen LogP contribution >= 0.6 is 11.3 Å². The van der Waals surface area contributed by atoms with E-state index in [0.29, 0.717) is 17.0 Å². The first kappa shape index (κ1) is 37.1. The average Bonchev–Trinajstić information content (AvgIpc) is 3.83. The van der Waals surface area contributed by atoms with E-state index in [4.69, 9.17) is 15.6 Å². The number of halogens is 2. The van der Waals surface area contributed by atoms with Crippen molar-refractivity contribution in [3.8, 4) is 22.0 Å². The van der Waals surface area contributed by atoms with Crippen molar-refractivity contribution >= 4 is 28.9 Å². The fourth-order valence-electron chi connectivity index (χ4n) is 4.53. The molecule has 0 radical (unpaired) electrons. The van der Waals surface area contributed by atoms with Crippen LogP contribution < -0.4 is 11.1 Å². The Hall–Kier alpha value is -4.38. The Morgan fingerprint density at radius 1 is 1.19 bits per heavy atom. The summed E-state index contributed by atoms with van der Waals surface area (Å²) in [5.41, 5.74) is 6.39. The number of carbonyl (C=O) groups excluding carboxylic acids is 2. The van der Waals surface area contributed by atoms with Crippen molar-refractivity contribution in [1.29, 1.82) is 0 Å². The van der Waals surface area contributed by atoms with Gasteiger partial charge in [-0.3, -0.25) is 14.3 Å². The number of esters is 1. The fourth-order valence-corrected chi connectivity index (χ4v) is 5.30. The number of aliphatic hydroxyl groups is 1. The molecule has 16 heteroatoms. The molecule has 4 aromatic heterocycles. The number of pyridine rings is 1. The van der Waals surface area contributed by atoms with E-state index in [1.165, 1.54) is 28.3 Å². The second-order valence-corrected chi connectivity index (χ2v) is 11.2. The first-order chi connectivity index (χ1) is 22.6. The second-order valence-electron chi connectivity index (χ2n) is 10.3. The number of thiazole rings is 1. The van der Waals surface area contributed by atoms with E-state index in [-0.39, 0.29) is 42.1 Å². The molecule has 0 spiro atoms. The van der Waals surface area contributed by atoms with E-state index in [2.05, 4.69) is 36.8 Å². The quantitative estimate of drug-likeness (QED) is 0.119. The molecule has 1 fully saturated rings. The first-order valence-corrected chi connectivity index (χ1v) is 15.8. The zero-order chi connectivity index (χ0) is 34.3. The minimum Gasteiger partial charge on any atom is -0.441 e. The Labute approximate surface area is 275 Å². The maximum atomic E-state index is 14.7. The molecule has 4 heterocycles. The summed E-state index contributed by atoms with van der Waals surface area (Å²) >= 11 is 1.22. The van der Waals surface area contributed by atoms with Gasteiger partial charge in [0.1, 0.15) is 28.1 Å². The number of aliphatic hydroxyl groups excluding tert-OH is 1. The minimum absolute atomic E-state index is 0.0417. The Bertz CT molecular complexity index is 1600. The number of ether oxygens (including phenoxy) is 2. The molecule has 254 valence electrons. The Morgan fingerprint density at radius 2 is 1.89 bits per heavy atom. The zero-order valence-electron chi connectivity index (χ0n) is 26.6. The fraction of sp³-hybridized carbons (Fsp3) is 0.419. The molecular weight excluding hydrogens is 634 g/mol. The number of anilines is 1. The summed E-state index contributed by atoms with van der Waals surface area (Å²) in [4.78, 5) is 33.2. The largest absolute Gasteiger partial charge is 0.441 e. The topological polar surface area (TPSA) is 172 Å². The maximum absolute atomic E-state index is 14.7. The van der Waals surface area contributed by atoms with E-state index < -0.39 is 29.7 Å². The van der Waals surface area contributed by atoms with Crippen molar-refractivity contribution in [3.05, 3.63) is 66.2 Å². The average molecular weight is 675 g/mol.